The Balaban J connectivity index is 4.09. The molecule has 0 rings (SSSR count). The van der Waals surface area contributed by atoms with Gasteiger partial charge in [0, 0.05) is 6.04 Å². The Bertz CT molecular complexity index is 392. The van der Waals surface area contributed by atoms with Crippen molar-refractivity contribution in [3.8, 4) is 0 Å². The van der Waals surface area contributed by atoms with Crippen molar-refractivity contribution in [1.29, 1.82) is 0 Å². The van der Waals surface area contributed by atoms with Crippen LogP contribution >= 0.6 is 0 Å². The van der Waals surface area contributed by atoms with Crippen molar-refractivity contribution in [1.82, 2.24) is 0 Å². The fourth-order valence-electron chi connectivity index (χ4n) is 1.43. The van der Waals surface area contributed by atoms with Crippen molar-refractivity contribution >= 4 is 22.1 Å². The first-order valence-electron chi connectivity index (χ1n) is 6.19. The molecule has 8 heteroatoms. The maximum absolute atomic E-state index is 11.5. The maximum atomic E-state index is 11.5. The summed E-state index contributed by atoms with van der Waals surface area (Å²) < 4.78 is 27.2. The molecule has 1 atom stereocenters. The fraction of sp³-hybridized carbons (Fsp3) is 0.818. The first-order valence-corrected chi connectivity index (χ1v) is 7.77. The number of hydrogen-bond donors (Lipinski definition) is 2. The van der Waals surface area contributed by atoms with Crippen LogP contribution in [0.1, 0.15) is 45.4 Å². The summed E-state index contributed by atoms with van der Waals surface area (Å²) in [6.45, 7) is 2.02. The zero-order chi connectivity index (χ0) is 14.9. The molecule has 0 aliphatic rings. The van der Waals surface area contributed by atoms with Gasteiger partial charge in [0.25, 0.3) is 0 Å². The third-order valence-electron chi connectivity index (χ3n) is 2.36. The standard InChI is InChI=1S/C11H21NO6S/c1-2-3-4-5-9(12)8-19(16,17)18-11(15)7-6-10(13)14/h9H,2-8,12H2,1H3,(H,13,14). The van der Waals surface area contributed by atoms with E-state index in [9.17, 15) is 18.0 Å². The molecular formula is C11H21NO6S. The van der Waals surface area contributed by atoms with Gasteiger partial charge in [0.1, 0.15) is 5.75 Å². The van der Waals surface area contributed by atoms with Gasteiger partial charge in [-0.15, -0.1) is 0 Å². The Morgan fingerprint density at radius 1 is 1.26 bits per heavy atom. The Kier molecular flexibility index (Phi) is 8.33. The van der Waals surface area contributed by atoms with Gasteiger partial charge in [0.05, 0.1) is 12.8 Å². The molecule has 0 amide bonds. The summed E-state index contributed by atoms with van der Waals surface area (Å²) in [4.78, 5) is 21.3. The van der Waals surface area contributed by atoms with Crippen LogP contribution in [0, 0.1) is 0 Å². The van der Waals surface area contributed by atoms with E-state index in [1.54, 1.807) is 0 Å². The number of aliphatic carboxylic acids is 1. The van der Waals surface area contributed by atoms with Gasteiger partial charge < -0.3 is 15.0 Å². The van der Waals surface area contributed by atoms with Crippen molar-refractivity contribution in [2.45, 2.75) is 51.5 Å². The average Bonchev–Trinajstić information content (AvgIpc) is 2.25. The van der Waals surface area contributed by atoms with E-state index in [0.717, 1.165) is 19.3 Å². The highest BCUT2D eigenvalue weighted by atomic mass is 32.2. The van der Waals surface area contributed by atoms with Gasteiger partial charge in [-0.25, -0.2) is 0 Å². The lowest BCUT2D eigenvalue weighted by atomic mass is 10.1. The van der Waals surface area contributed by atoms with Crippen LogP contribution in [0.5, 0.6) is 0 Å². The molecule has 0 aromatic carbocycles. The predicted molar refractivity (Wildman–Crippen MR) is 68.9 cm³/mol. The molecule has 1 unspecified atom stereocenters. The minimum absolute atomic E-state index is 0.435. The number of carbonyl (C=O) groups is 2. The average molecular weight is 295 g/mol. The monoisotopic (exact) mass is 295 g/mol. The summed E-state index contributed by atoms with van der Waals surface area (Å²) in [5.41, 5.74) is 5.63. The van der Waals surface area contributed by atoms with E-state index in [4.69, 9.17) is 10.8 Å². The Labute approximate surface area is 113 Å². The van der Waals surface area contributed by atoms with E-state index >= 15 is 0 Å². The third-order valence-corrected chi connectivity index (χ3v) is 3.64. The van der Waals surface area contributed by atoms with Crippen LogP contribution in [0.3, 0.4) is 0 Å². The molecule has 0 saturated heterocycles. The highest BCUT2D eigenvalue weighted by molar-refractivity contribution is 7.87. The molecule has 0 radical (unpaired) electrons. The Morgan fingerprint density at radius 2 is 1.89 bits per heavy atom. The van der Waals surface area contributed by atoms with Gasteiger partial charge in [-0.3, -0.25) is 9.59 Å². The second-order valence-electron chi connectivity index (χ2n) is 4.33. The lowest BCUT2D eigenvalue weighted by Gasteiger charge is -2.11. The van der Waals surface area contributed by atoms with Gasteiger partial charge in [-0.1, -0.05) is 26.2 Å². The summed E-state index contributed by atoms with van der Waals surface area (Å²) in [7, 11) is -4.03. The smallest absolute Gasteiger partial charge is 0.322 e. The van der Waals surface area contributed by atoms with Gasteiger partial charge in [0.2, 0.25) is 0 Å². The fourth-order valence-corrected chi connectivity index (χ4v) is 2.55. The Morgan fingerprint density at radius 3 is 2.42 bits per heavy atom. The van der Waals surface area contributed by atoms with Crippen LogP contribution in [0.2, 0.25) is 0 Å². The van der Waals surface area contributed by atoms with Crippen molar-refractivity contribution in [3.05, 3.63) is 0 Å². The van der Waals surface area contributed by atoms with E-state index in [0.29, 0.717) is 6.42 Å². The van der Waals surface area contributed by atoms with E-state index in [1.807, 2.05) is 6.92 Å². The van der Waals surface area contributed by atoms with E-state index in [2.05, 4.69) is 4.18 Å². The maximum Gasteiger partial charge on any atom is 0.322 e. The Hall–Kier alpha value is -1.15. The molecule has 0 fully saturated rings. The second kappa shape index (κ2) is 8.87. The summed E-state index contributed by atoms with van der Waals surface area (Å²) in [5.74, 6) is -2.69. The number of carboxylic acid groups (broad SMARTS) is 1. The zero-order valence-corrected chi connectivity index (χ0v) is 11.8. The van der Waals surface area contributed by atoms with Crippen LogP contribution in [0.25, 0.3) is 0 Å². The van der Waals surface area contributed by atoms with Crippen LogP contribution in [0.15, 0.2) is 0 Å². The molecule has 0 aromatic rings. The van der Waals surface area contributed by atoms with Crippen LogP contribution in [-0.2, 0) is 23.9 Å². The number of carboxylic acids is 1. The lowest BCUT2D eigenvalue weighted by molar-refractivity contribution is -0.142. The first kappa shape index (κ1) is 17.8. The van der Waals surface area contributed by atoms with Gasteiger partial charge in [-0.2, -0.15) is 8.42 Å². The summed E-state index contributed by atoms with van der Waals surface area (Å²) in [5, 5.41) is 8.35. The molecular weight excluding hydrogens is 274 g/mol. The zero-order valence-electron chi connectivity index (χ0n) is 11.0. The largest absolute Gasteiger partial charge is 0.481 e. The molecule has 0 bridgehead atoms. The molecule has 0 aliphatic heterocycles. The van der Waals surface area contributed by atoms with Crippen molar-refractivity contribution in [2.75, 3.05) is 5.75 Å². The highest BCUT2D eigenvalue weighted by Gasteiger charge is 2.21. The van der Waals surface area contributed by atoms with Gasteiger partial charge in [-0.05, 0) is 6.42 Å². The molecule has 112 valence electrons. The first-order chi connectivity index (χ1) is 8.76. The van der Waals surface area contributed by atoms with Crippen molar-refractivity contribution in [2.24, 2.45) is 5.73 Å². The second-order valence-corrected chi connectivity index (χ2v) is 5.94. The topological polar surface area (TPSA) is 124 Å². The molecule has 0 aliphatic carbocycles. The molecule has 19 heavy (non-hydrogen) atoms. The van der Waals surface area contributed by atoms with Crippen LogP contribution in [0.4, 0.5) is 0 Å². The normalized spacial score (nSPS) is 12.9. The molecule has 0 saturated carbocycles. The van der Waals surface area contributed by atoms with Crippen LogP contribution in [-0.4, -0.2) is 37.3 Å². The minimum atomic E-state index is -4.03. The molecule has 7 nitrogen and oxygen atoms in total. The van der Waals surface area contributed by atoms with E-state index in [-0.39, 0.29) is 0 Å². The number of unbranched alkanes of at least 4 members (excludes halogenated alkanes) is 2. The van der Waals surface area contributed by atoms with Crippen molar-refractivity contribution in [3.63, 3.8) is 0 Å². The summed E-state index contributed by atoms with van der Waals surface area (Å²) in [6.07, 6.45) is 2.40. The predicted octanol–water partition coefficient (Wildman–Crippen LogP) is 0.632. The molecule has 0 aromatic heterocycles. The minimum Gasteiger partial charge on any atom is -0.481 e. The van der Waals surface area contributed by atoms with E-state index in [1.165, 1.54) is 0 Å². The number of hydrogen-bond acceptors (Lipinski definition) is 6. The molecule has 3 N–H and O–H groups in total. The van der Waals surface area contributed by atoms with Gasteiger partial charge in [0.15, 0.2) is 0 Å². The van der Waals surface area contributed by atoms with Crippen LogP contribution < -0.4 is 5.73 Å². The summed E-state index contributed by atoms with van der Waals surface area (Å²) >= 11 is 0. The lowest BCUT2D eigenvalue weighted by Crippen LogP contribution is -2.31. The number of carbonyl (C=O) groups excluding carboxylic acids is 1. The van der Waals surface area contributed by atoms with Crippen molar-refractivity contribution < 1.29 is 27.3 Å². The molecule has 0 spiro atoms. The van der Waals surface area contributed by atoms with E-state index < -0.39 is 46.7 Å². The number of rotatable bonds is 10. The quantitative estimate of drug-likeness (QED) is 0.447. The SMILES string of the molecule is CCCCCC(N)CS(=O)(=O)OC(=O)CCC(=O)O. The summed E-state index contributed by atoms with van der Waals surface area (Å²) in [6, 6.07) is -0.580. The highest BCUT2D eigenvalue weighted by Crippen LogP contribution is 2.06. The number of nitrogens with two attached hydrogens (primary N) is 1. The third kappa shape index (κ3) is 10.5. The van der Waals surface area contributed by atoms with Gasteiger partial charge >= 0.3 is 22.1 Å². The molecule has 0 heterocycles.